The maximum Gasteiger partial charge on any atom is 0.307 e. The maximum atomic E-state index is 12.6. The minimum atomic E-state index is -0.983. The number of aliphatic carboxylic acids is 1. The topological polar surface area (TPSA) is 71.4 Å². The van der Waals surface area contributed by atoms with Crippen molar-refractivity contribution in [3.8, 4) is 0 Å². The molecule has 4 nitrogen and oxygen atoms in total. The van der Waals surface area contributed by atoms with E-state index < -0.39 is 17.8 Å². The lowest BCUT2D eigenvalue weighted by Crippen LogP contribution is -2.40. The van der Waals surface area contributed by atoms with Gasteiger partial charge in [-0.05, 0) is 23.7 Å². The van der Waals surface area contributed by atoms with E-state index in [1.807, 2.05) is 0 Å². The largest absolute Gasteiger partial charge is 0.481 e. The Labute approximate surface area is 128 Å². The number of ketones is 2. The van der Waals surface area contributed by atoms with Crippen molar-refractivity contribution >= 4 is 29.3 Å². The first-order valence-corrected chi connectivity index (χ1v) is 8.71. The lowest BCUT2D eigenvalue weighted by atomic mass is 9.74. The van der Waals surface area contributed by atoms with Crippen molar-refractivity contribution in [1.82, 2.24) is 0 Å². The van der Waals surface area contributed by atoms with E-state index in [1.54, 1.807) is 11.8 Å². The molecule has 3 aliphatic rings. The molecule has 0 radical (unpaired) electrons. The number of carboxylic acid groups (broad SMARTS) is 1. The number of carbonyl (C=O) groups is 3. The highest BCUT2D eigenvalue weighted by Crippen LogP contribution is 2.43. The molecule has 1 fully saturated rings. The van der Waals surface area contributed by atoms with Gasteiger partial charge < -0.3 is 5.11 Å². The Balaban J connectivity index is 1.82. The van der Waals surface area contributed by atoms with Crippen LogP contribution in [0.25, 0.3) is 0 Å². The van der Waals surface area contributed by atoms with Crippen LogP contribution < -0.4 is 0 Å². The molecule has 0 spiro atoms. The van der Waals surface area contributed by atoms with Crippen molar-refractivity contribution in [2.24, 2.45) is 17.8 Å². The van der Waals surface area contributed by atoms with Gasteiger partial charge in [0.25, 0.3) is 0 Å². The first-order chi connectivity index (χ1) is 10.1. The molecule has 0 aromatic heterocycles. The zero-order chi connectivity index (χ0) is 15.0. The molecular weight excluding hydrogens is 288 g/mol. The van der Waals surface area contributed by atoms with Crippen LogP contribution in [0.4, 0.5) is 0 Å². The number of allylic oxidation sites excluding steroid dienone is 2. The minimum absolute atomic E-state index is 0.182. The van der Waals surface area contributed by atoms with Crippen LogP contribution >= 0.6 is 11.8 Å². The molecule has 0 aromatic rings. The molecule has 2 unspecified atom stereocenters. The zero-order valence-electron chi connectivity index (χ0n) is 12.0. The molecule has 1 heterocycles. The maximum absolute atomic E-state index is 12.6. The Hall–Kier alpha value is -1.10. The highest BCUT2D eigenvalue weighted by molar-refractivity contribution is 8.03. The summed E-state index contributed by atoms with van der Waals surface area (Å²) in [5.74, 6) is -1.91. The standard InChI is InChI=1S/C16H20O4S/c17-12-8-13-10(5-6-21-13)15(18)14(12)11(16(19)20)7-9-3-1-2-4-9/h9,11,14H,1-8H2,(H,19,20). The Bertz CT molecular complexity index is 516. The zero-order valence-corrected chi connectivity index (χ0v) is 12.8. The summed E-state index contributed by atoms with van der Waals surface area (Å²) in [6.07, 6.45) is 5.77. The van der Waals surface area contributed by atoms with E-state index in [-0.39, 0.29) is 18.0 Å². The molecule has 3 rings (SSSR count). The number of hydrogen-bond acceptors (Lipinski definition) is 4. The van der Waals surface area contributed by atoms with Gasteiger partial charge in [0.2, 0.25) is 0 Å². The molecule has 0 aromatic carbocycles. The van der Waals surface area contributed by atoms with E-state index in [0.717, 1.165) is 41.9 Å². The molecule has 2 aliphatic carbocycles. The summed E-state index contributed by atoms with van der Waals surface area (Å²) in [6.45, 7) is 0. The highest BCUT2D eigenvalue weighted by atomic mass is 32.2. The van der Waals surface area contributed by atoms with Crippen molar-refractivity contribution in [1.29, 1.82) is 0 Å². The third-order valence-corrected chi connectivity index (χ3v) is 6.16. The number of carboxylic acids is 1. The van der Waals surface area contributed by atoms with Gasteiger partial charge in [0.15, 0.2) is 5.78 Å². The molecule has 114 valence electrons. The number of carbonyl (C=O) groups excluding carboxylic acids is 2. The van der Waals surface area contributed by atoms with Crippen molar-refractivity contribution < 1.29 is 19.5 Å². The van der Waals surface area contributed by atoms with E-state index in [2.05, 4.69) is 0 Å². The molecule has 0 saturated heterocycles. The van der Waals surface area contributed by atoms with Crippen LogP contribution in [0.5, 0.6) is 0 Å². The van der Waals surface area contributed by atoms with Gasteiger partial charge in [-0.1, -0.05) is 25.7 Å². The van der Waals surface area contributed by atoms with Crippen LogP contribution in [0, 0.1) is 17.8 Å². The summed E-state index contributed by atoms with van der Waals surface area (Å²) in [4.78, 5) is 37.5. The number of rotatable bonds is 4. The smallest absolute Gasteiger partial charge is 0.307 e. The van der Waals surface area contributed by atoms with E-state index in [9.17, 15) is 19.5 Å². The predicted octanol–water partition coefficient (Wildman–Crippen LogP) is 2.82. The van der Waals surface area contributed by atoms with Gasteiger partial charge in [-0.2, -0.15) is 0 Å². The van der Waals surface area contributed by atoms with Gasteiger partial charge >= 0.3 is 5.97 Å². The summed E-state index contributed by atoms with van der Waals surface area (Å²) < 4.78 is 0. The summed E-state index contributed by atoms with van der Waals surface area (Å²) in [5.41, 5.74) is 0.738. The Morgan fingerprint density at radius 1 is 1.29 bits per heavy atom. The Morgan fingerprint density at radius 2 is 2.00 bits per heavy atom. The van der Waals surface area contributed by atoms with E-state index in [0.29, 0.717) is 18.8 Å². The third-order valence-electron chi connectivity index (χ3n) is 5.01. The van der Waals surface area contributed by atoms with Crippen LogP contribution in [0.3, 0.4) is 0 Å². The molecular formula is C16H20O4S. The summed E-state index contributed by atoms with van der Waals surface area (Å²) in [7, 11) is 0. The molecule has 1 N–H and O–H groups in total. The number of thioether (sulfide) groups is 1. The summed E-state index contributed by atoms with van der Waals surface area (Å²) in [6, 6.07) is 0. The number of Topliss-reactive ketones (excluding diaryl/α,β-unsaturated/α-hetero) is 2. The molecule has 1 saturated carbocycles. The number of hydrogen-bond donors (Lipinski definition) is 1. The van der Waals surface area contributed by atoms with Crippen molar-refractivity contribution in [2.45, 2.75) is 44.9 Å². The molecule has 5 heteroatoms. The van der Waals surface area contributed by atoms with Gasteiger partial charge in [0.05, 0.1) is 11.8 Å². The molecule has 2 atom stereocenters. The van der Waals surface area contributed by atoms with E-state index in [4.69, 9.17) is 0 Å². The van der Waals surface area contributed by atoms with E-state index >= 15 is 0 Å². The van der Waals surface area contributed by atoms with Gasteiger partial charge in [0.1, 0.15) is 5.78 Å². The second-order valence-corrected chi connectivity index (χ2v) is 7.51. The lowest BCUT2D eigenvalue weighted by Gasteiger charge is -2.27. The van der Waals surface area contributed by atoms with Crippen molar-refractivity contribution in [3.05, 3.63) is 10.5 Å². The normalized spacial score (nSPS) is 28.1. The molecule has 21 heavy (non-hydrogen) atoms. The minimum Gasteiger partial charge on any atom is -0.481 e. The van der Waals surface area contributed by atoms with Crippen molar-refractivity contribution in [3.63, 3.8) is 0 Å². The SMILES string of the molecule is O=C(O)C(CC1CCCC1)C1C(=O)CC2=C(CCS2)C1=O. The Morgan fingerprint density at radius 3 is 2.67 bits per heavy atom. The molecule has 1 aliphatic heterocycles. The van der Waals surface area contributed by atoms with Crippen LogP contribution in [0.1, 0.15) is 44.9 Å². The van der Waals surface area contributed by atoms with Gasteiger partial charge in [-0.3, -0.25) is 14.4 Å². The van der Waals surface area contributed by atoms with Crippen LogP contribution in [-0.4, -0.2) is 28.4 Å². The first kappa shape index (κ1) is 14.8. The molecule has 0 bridgehead atoms. The van der Waals surface area contributed by atoms with Crippen LogP contribution in [0.2, 0.25) is 0 Å². The second-order valence-electron chi connectivity index (χ2n) is 6.32. The monoisotopic (exact) mass is 308 g/mol. The summed E-state index contributed by atoms with van der Waals surface area (Å²) >= 11 is 1.58. The lowest BCUT2D eigenvalue weighted by molar-refractivity contribution is -0.150. The highest BCUT2D eigenvalue weighted by Gasteiger charge is 2.45. The van der Waals surface area contributed by atoms with Gasteiger partial charge in [0, 0.05) is 17.7 Å². The average Bonchev–Trinajstić information content (AvgIpc) is 3.07. The predicted molar refractivity (Wildman–Crippen MR) is 79.9 cm³/mol. The summed E-state index contributed by atoms with van der Waals surface area (Å²) in [5, 5.41) is 9.54. The fourth-order valence-corrected chi connectivity index (χ4v) is 5.09. The average molecular weight is 308 g/mol. The quantitative estimate of drug-likeness (QED) is 0.809. The first-order valence-electron chi connectivity index (χ1n) is 7.72. The fourth-order valence-electron chi connectivity index (χ4n) is 3.92. The molecule has 0 amide bonds. The van der Waals surface area contributed by atoms with Crippen molar-refractivity contribution in [2.75, 3.05) is 5.75 Å². The van der Waals surface area contributed by atoms with E-state index in [1.165, 1.54) is 0 Å². The Kier molecular flexibility index (Phi) is 4.20. The van der Waals surface area contributed by atoms with Gasteiger partial charge in [-0.15, -0.1) is 11.8 Å². The van der Waals surface area contributed by atoms with Gasteiger partial charge in [-0.25, -0.2) is 0 Å². The second kappa shape index (κ2) is 5.95. The third kappa shape index (κ3) is 2.80. The fraction of sp³-hybridized carbons (Fsp3) is 0.688. The van der Waals surface area contributed by atoms with Crippen LogP contribution in [0.15, 0.2) is 10.5 Å². The van der Waals surface area contributed by atoms with Crippen LogP contribution in [-0.2, 0) is 14.4 Å².